The number of nitrogens with zero attached hydrogens (tertiary/aromatic N) is 1. The largest absolute Gasteiger partial charge is 0.323 e. The number of nitrogens with one attached hydrogen (secondary N) is 1. The number of sulfonamides is 1. The monoisotopic (exact) mass is 440 g/mol. The lowest BCUT2D eigenvalue weighted by molar-refractivity contribution is -0.114. The average molecular weight is 441 g/mol. The first kappa shape index (κ1) is 21.9. The van der Waals surface area contributed by atoms with Gasteiger partial charge in [0.25, 0.3) is 0 Å². The topological polar surface area (TPSA) is 66.5 Å². The number of rotatable bonds is 7. The standard InChI is InChI=1S/C23H24N2O3S2/c1-17-13-14-18(2)21(15-17)25(30(3,27)28)16-23(26)24-20-11-7-8-12-22(20)29-19-9-5-4-6-10-19/h4-15H,16H2,1-3H3,(H,24,26). The lowest BCUT2D eigenvalue weighted by atomic mass is 10.1. The van der Waals surface area contributed by atoms with Gasteiger partial charge in [0, 0.05) is 9.79 Å². The SMILES string of the molecule is Cc1ccc(C)c(N(CC(=O)Nc2ccccc2Sc2ccccc2)S(C)(=O)=O)c1. The van der Waals surface area contributed by atoms with Gasteiger partial charge in [-0.1, -0.05) is 54.2 Å². The Morgan fingerprint density at radius 3 is 2.33 bits per heavy atom. The molecule has 0 fully saturated rings. The second-order valence-corrected chi connectivity index (χ2v) is 10.0. The Labute approximate surface area is 182 Å². The molecule has 0 saturated carbocycles. The van der Waals surface area contributed by atoms with Gasteiger partial charge >= 0.3 is 0 Å². The van der Waals surface area contributed by atoms with Crippen molar-refractivity contribution in [2.75, 3.05) is 22.4 Å². The van der Waals surface area contributed by atoms with Crippen LogP contribution in [0.2, 0.25) is 0 Å². The fraction of sp³-hybridized carbons (Fsp3) is 0.174. The Bertz CT molecular complexity index is 1150. The van der Waals surface area contributed by atoms with Crippen molar-refractivity contribution in [3.8, 4) is 0 Å². The predicted molar refractivity (Wildman–Crippen MR) is 124 cm³/mol. The van der Waals surface area contributed by atoms with Gasteiger partial charge in [-0.3, -0.25) is 9.10 Å². The number of hydrogen-bond donors (Lipinski definition) is 1. The molecule has 3 aromatic carbocycles. The molecule has 0 radical (unpaired) electrons. The van der Waals surface area contributed by atoms with Crippen LogP contribution in [-0.2, 0) is 14.8 Å². The third-order valence-electron chi connectivity index (χ3n) is 4.45. The molecule has 3 rings (SSSR count). The quantitative estimate of drug-likeness (QED) is 0.570. The maximum Gasteiger partial charge on any atom is 0.245 e. The van der Waals surface area contributed by atoms with Gasteiger partial charge in [0.05, 0.1) is 17.6 Å². The molecule has 7 heteroatoms. The van der Waals surface area contributed by atoms with Crippen LogP contribution in [0.3, 0.4) is 0 Å². The van der Waals surface area contributed by atoms with E-state index in [0.717, 1.165) is 31.5 Å². The van der Waals surface area contributed by atoms with E-state index < -0.39 is 15.9 Å². The van der Waals surface area contributed by atoms with Crippen molar-refractivity contribution in [1.29, 1.82) is 0 Å². The molecule has 1 amide bonds. The number of aryl methyl sites for hydroxylation is 2. The Hall–Kier alpha value is -2.77. The van der Waals surface area contributed by atoms with Crippen LogP contribution < -0.4 is 9.62 Å². The zero-order chi connectivity index (χ0) is 21.7. The minimum absolute atomic E-state index is 0.298. The number of anilines is 2. The molecule has 0 aliphatic carbocycles. The van der Waals surface area contributed by atoms with Crippen molar-refractivity contribution in [2.24, 2.45) is 0 Å². The highest BCUT2D eigenvalue weighted by molar-refractivity contribution is 7.99. The van der Waals surface area contributed by atoms with Gasteiger partial charge in [-0.05, 0) is 55.3 Å². The van der Waals surface area contributed by atoms with Crippen molar-refractivity contribution >= 4 is 39.1 Å². The summed E-state index contributed by atoms with van der Waals surface area (Å²) in [5.41, 5.74) is 2.87. The minimum Gasteiger partial charge on any atom is -0.323 e. The Morgan fingerprint density at radius 1 is 0.967 bits per heavy atom. The molecular formula is C23H24N2O3S2. The number of amides is 1. The number of para-hydroxylation sites is 1. The predicted octanol–water partition coefficient (Wildman–Crippen LogP) is 4.86. The Kier molecular flexibility index (Phi) is 6.84. The molecule has 5 nitrogen and oxygen atoms in total. The van der Waals surface area contributed by atoms with E-state index in [9.17, 15) is 13.2 Å². The van der Waals surface area contributed by atoms with Crippen LogP contribution in [0.15, 0.2) is 82.6 Å². The third-order valence-corrected chi connectivity index (χ3v) is 6.66. The molecule has 156 valence electrons. The molecule has 30 heavy (non-hydrogen) atoms. The Balaban J connectivity index is 1.82. The van der Waals surface area contributed by atoms with E-state index in [1.54, 1.807) is 6.07 Å². The molecule has 0 saturated heterocycles. The zero-order valence-electron chi connectivity index (χ0n) is 17.1. The van der Waals surface area contributed by atoms with E-state index >= 15 is 0 Å². The maximum absolute atomic E-state index is 12.8. The molecule has 3 aromatic rings. The van der Waals surface area contributed by atoms with Gasteiger partial charge in [-0.25, -0.2) is 8.42 Å². The summed E-state index contributed by atoms with van der Waals surface area (Å²) < 4.78 is 26.0. The molecular weight excluding hydrogens is 416 g/mol. The fourth-order valence-corrected chi connectivity index (χ4v) is 4.79. The molecule has 0 aliphatic rings. The van der Waals surface area contributed by atoms with Crippen molar-refractivity contribution in [3.05, 3.63) is 83.9 Å². The molecule has 0 aliphatic heterocycles. The summed E-state index contributed by atoms with van der Waals surface area (Å²) in [5, 5.41) is 2.87. The summed E-state index contributed by atoms with van der Waals surface area (Å²) in [5.74, 6) is -0.401. The highest BCUT2D eigenvalue weighted by atomic mass is 32.2. The van der Waals surface area contributed by atoms with Gasteiger partial charge in [-0.15, -0.1) is 0 Å². The second kappa shape index (κ2) is 9.36. The van der Waals surface area contributed by atoms with E-state index in [0.29, 0.717) is 11.4 Å². The molecule has 0 heterocycles. The summed E-state index contributed by atoms with van der Waals surface area (Å²) in [6.07, 6.45) is 1.11. The average Bonchev–Trinajstić information content (AvgIpc) is 2.70. The lowest BCUT2D eigenvalue weighted by Gasteiger charge is -2.24. The van der Waals surface area contributed by atoms with Crippen LogP contribution in [0, 0.1) is 13.8 Å². The van der Waals surface area contributed by atoms with Crippen molar-refractivity contribution in [2.45, 2.75) is 23.6 Å². The molecule has 1 N–H and O–H groups in total. The van der Waals surface area contributed by atoms with Gasteiger partial charge in [0.15, 0.2) is 0 Å². The molecule has 0 bridgehead atoms. The maximum atomic E-state index is 12.8. The highest BCUT2D eigenvalue weighted by Crippen LogP contribution is 2.33. The van der Waals surface area contributed by atoms with Crippen LogP contribution >= 0.6 is 11.8 Å². The molecule has 0 aromatic heterocycles. The van der Waals surface area contributed by atoms with E-state index in [1.165, 1.54) is 11.8 Å². The Morgan fingerprint density at radius 2 is 1.63 bits per heavy atom. The summed E-state index contributed by atoms with van der Waals surface area (Å²) in [7, 11) is -3.64. The summed E-state index contributed by atoms with van der Waals surface area (Å²) in [4.78, 5) is 14.7. The normalized spacial score (nSPS) is 11.2. The third kappa shape index (κ3) is 5.64. The summed E-state index contributed by atoms with van der Waals surface area (Å²) in [6, 6.07) is 22.9. The van der Waals surface area contributed by atoms with Crippen LogP contribution in [0.1, 0.15) is 11.1 Å². The van der Waals surface area contributed by atoms with Crippen molar-refractivity contribution < 1.29 is 13.2 Å². The van der Waals surface area contributed by atoms with Gasteiger partial charge in [-0.2, -0.15) is 0 Å². The molecule has 0 atom stereocenters. The zero-order valence-corrected chi connectivity index (χ0v) is 18.8. The number of carbonyl (C=O) groups is 1. The van der Waals surface area contributed by atoms with Crippen LogP contribution in [-0.4, -0.2) is 27.1 Å². The fourth-order valence-electron chi connectivity index (χ4n) is 2.96. The van der Waals surface area contributed by atoms with E-state index in [2.05, 4.69) is 5.32 Å². The van der Waals surface area contributed by atoms with Gasteiger partial charge < -0.3 is 5.32 Å². The highest BCUT2D eigenvalue weighted by Gasteiger charge is 2.23. The van der Waals surface area contributed by atoms with E-state index in [-0.39, 0.29) is 6.54 Å². The van der Waals surface area contributed by atoms with Gasteiger partial charge in [0.1, 0.15) is 6.54 Å². The van der Waals surface area contributed by atoms with Crippen LogP contribution in [0.5, 0.6) is 0 Å². The minimum atomic E-state index is -3.64. The summed E-state index contributed by atoms with van der Waals surface area (Å²) >= 11 is 1.53. The van der Waals surface area contributed by atoms with Crippen LogP contribution in [0.25, 0.3) is 0 Å². The smallest absolute Gasteiger partial charge is 0.245 e. The first-order valence-corrected chi connectivity index (χ1v) is 12.1. The van der Waals surface area contributed by atoms with Gasteiger partial charge in [0.2, 0.25) is 15.9 Å². The van der Waals surface area contributed by atoms with E-state index in [1.807, 2.05) is 80.6 Å². The molecule has 0 spiro atoms. The number of carbonyl (C=O) groups excluding carboxylic acids is 1. The summed E-state index contributed by atoms with van der Waals surface area (Å²) in [6.45, 7) is 3.42. The van der Waals surface area contributed by atoms with Crippen LogP contribution in [0.4, 0.5) is 11.4 Å². The number of hydrogen-bond acceptors (Lipinski definition) is 4. The number of benzene rings is 3. The molecule has 0 unspecified atom stereocenters. The second-order valence-electron chi connectivity index (χ2n) is 7.02. The van der Waals surface area contributed by atoms with Crippen molar-refractivity contribution in [1.82, 2.24) is 0 Å². The first-order chi connectivity index (χ1) is 14.2. The van der Waals surface area contributed by atoms with Crippen molar-refractivity contribution in [3.63, 3.8) is 0 Å². The van der Waals surface area contributed by atoms with E-state index in [4.69, 9.17) is 0 Å². The first-order valence-electron chi connectivity index (χ1n) is 9.41. The lowest BCUT2D eigenvalue weighted by Crippen LogP contribution is -2.38.